The molecule has 112 valence electrons. The van der Waals surface area contributed by atoms with E-state index in [1.165, 1.54) is 0 Å². The first-order chi connectivity index (χ1) is 9.57. The van der Waals surface area contributed by atoms with Gasteiger partial charge in [0.1, 0.15) is 0 Å². The number of nitro benzene ring substituents is 1. The summed E-state index contributed by atoms with van der Waals surface area (Å²) < 4.78 is 0. The van der Waals surface area contributed by atoms with Crippen molar-refractivity contribution in [2.45, 2.75) is 39.5 Å². The van der Waals surface area contributed by atoms with E-state index < -0.39 is 0 Å². The van der Waals surface area contributed by atoms with Crippen molar-refractivity contribution in [2.75, 3.05) is 18.0 Å². The van der Waals surface area contributed by atoms with Crippen molar-refractivity contribution < 1.29 is 4.92 Å². The summed E-state index contributed by atoms with van der Waals surface area (Å²) in [6.45, 7) is 8.35. The maximum Gasteiger partial charge on any atom is 0.273 e. The Morgan fingerprint density at radius 2 is 1.95 bits per heavy atom. The highest BCUT2D eigenvalue weighted by Gasteiger charge is 2.16. The second-order valence-electron chi connectivity index (χ2n) is 4.92. The van der Waals surface area contributed by atoms with E-state index in [1.807, 2.05) is 12.1 Å². The van der Waals surface area contributed by atoms with Crippen LogP contribution in [-0.4, -0.2) is 18.0 Å². The van der Waals surface area contributed by atoms with Crippen LogP contribution >= 0.6 is 11.6 Å². The average Bonchev–Trinajstić information content (AvgIpc) is 2.47. The molecule has 0 unspecified atom stereocenters. The molecule has 0 heterocycles. The van der Waals surface area contributed by atoms with E-state index in [9.17, 15) is 10.1 Å². The molecule has 0 spiro atoms. The molecule has 4 nitrogen and oxygen atoms in total. The predicted molar refractivity (Wildman–Crippen MR) is 84.6 cm³/mol. The molecule has 0 saturated carbocycles. The van der Waals surface area contributed by atoms with Crippen LogP contribution in [0.2, 0.25) is 0 Å². The molecular weight excluding hydrogens is 276 g/mol. The molecule has 0 aliphatic carbocycles. The number of hydrogen-bond donors (Lipinski definition) is 0. The molecular formula is C15H23ClN2O2. The zero-order chi connectivity index (χ0) is 15.1. The Kier molecular flexibility index (Phi) is 6.79. The van der Waals surface area contributed by atoms with Gasteiger partial charge in [-0.05, 0) is 25.0 Å². The molecule has 1 rings (SSSR count). The van der Waals surface area contributed by atoms with Gasteiger partial charge in [-0.3, -0.25) is 10.1 Å². The molecule has 0 N–H and O–H groups in total. The van der Waals surface area contributed by atoms with Gasteiger partial charge in [0.25, 0.3) is 5.69 Å². The molecule has 0 bridgehead atoms. The van der Waals surface area contributed by atoms with Crippen molar-refractivity contribution in [3.63, 3.8) is 0 Å². The van der Waals surface area contributed by atoms with Crippen LogP contribution in [0.1, 0.15) is 39.2 Å². The smallest absolute Gasteiger partial charge is 0.273 e. The predicted octanol–water partition coefficient (Wildman–Crippen LogP) is 4.60. The lowest BCUT2D eigenvalue weighted by Gasteiger charge is -2.27. The zero-order valence-electron chi connectivity index (χ0n) is 12.4. The number of halogens is 1. The summed E-state index contributed by atoms with van der Waals surface area (Å²) >= 11 is 5.83. The number of nitro groups is 1. The fraction of sp³-hybridized carbons (Fsp3) is 0.600. The van der Waals surface area contributed by atoms with Crippen LogP contribution in [0.3, 0.4) is 0 Å². The minimum atomic E-state index is -0.376. The minimum Gasteiger partial charge on any atom is -0.372 e. The third-order valence-electron chi connectivity index (χ3n) is 3.78. The first kappa shape index (κ1) is 16.8. The van der Waals surface area contributed by atoms with Gasteiger partial charge >= 0.3 is 0 Å². The topological polar surface area (TPSA) is 46.4 Å². The Morgan fingerprint density at radius 1 is 1.30 bits per heavy atom. The van der Waals surface area contributed by atoms with Crippen LogP contribution in [-0.2, 0) is 5.88 Å². The molecule has 0 atom stereocenters. The van der Waals surface area contributed by atoms with E-state index in [0.29, 0.717) is 11.5 Å². The summed E-state index contributed by atoms with van der Waals surface area (Å²) in [5.74, 6) is 0.803. The van der Waals surface area contributed by atoms with Crippen LogP contribution in [0.4, 0.5) is 11.4 Å². The Labute approximate surface area is 125 Å². The highest BCUT2D eigenvalue weighted by Crippen LogP contribution is 2.27. The fourth-order valence-electron chi connectivity index (χ4n) is 2.33. The van der Waals surface area contributed by atoms with Crippen molar-refractivity contribution in [1.82, 2.24) is 0 Å². The van der Waals surface area contributed by atoms with E-state index >= 15 is 0 Å². The second kappa shape index (κ2) is 8.10. The summed E-state index contributed by atoms with van der Waals surface area (Å²) in [5.41, 5.74) is 1.69. The van der Waals surface area contributed by atoms with E-state index in [2.05, 4.69) is 25.7 Å². The lowest BCUT2D eigenvalue weighted by Crippen LogP contribution is -2.29. The van der Waals surface area contributed by atoms with Gasteiger partial charge in [0.15, 0.2) is 0 Å². The lowest BCUT2D eigenvalue weighted by atomic mass is 10.0. The van der Waals surface area contributed by atoms with Crippen LogP contribution < -0.4 is 4.90 Å². The van der Waals surface area contributed by atoms with E-state index in [4.69, 9.17) is 11.6 Å². The van der Waals surface area contributed by atoms with Gasteiger partial charge in [-0.25, -0.2) is 0 Å². The molecule has 0 aromatic heterocycles. The highest BCUT2D eigenvalue weighted by molar-refractivity contribution is 6.17. The quantitative estimate of drug-likeness (QED) is 0.400. The summed E-state index contributed by atoms with van der Waals surface area (Å²) in [4.78, 5) is 12.8. The molecule has 0 amide bonds. The standard InChI is InChI=1S/C15H23ClN2O2/c1-4-12(5-2)11-17(6-3)14-7-8-15(18(19)20)13(9-14)10-16/h7-9,12H,4-6,10-11H2,1-3H3. The third-order valence-corrected chi connectivity index (χ3v) is 4.07. The Hall–Kier alpha value is -1.29. The molecule has 20 heavy (non-hydrogen) atoms. The fourth-order valence-corrected chi connectivity index (χ4v) is 2.54. The molecule has 0 radical (unpaired) electrons. The lowest BCUT2D eigenvalue weighted by molar-refractivity contribution is -0.385. The van der Waals surface area contributed by atoms with Gasteiger partial charge in [0, 0.05) is 30.4 Å². The normalized spacial score (nSPS) is 10.8. The van der Waals surface area contributed by atoms with Crippen molar-refractivity contribution in [3.05, 3.63) is 33.9 Å². The van der Waals surface area contributed by atoms with Gasteiger partial charge in [-0.1, -0.05) is 26.7 Å². The number of nitrogens with zero attached hydrogens (tertiary/aromatic N) is 2. The zero-order valence-corrected chi connectivity index (χ0v) is 13.2. The van der Waals surface area contributed by atoms with Crippen LogP contribution in [0.25, 0.3) is 0 Å². The van der Waals surface area contributed by atoms with Gasteiger partial charge in [-0.2, -0.15) is 0 Å². The Balaban J connectivity index is 3.01. The summed E-state index contributed by atoms with van der Waals surface area (Å²) in [7, 11) is 0. The van der Waals surface area contributed by atoms with Crippen molar-refractivity contribution >= 4 is 23.0 Å². The maximum absolute atomic E-state index is 10.9. The average molecular weight is 299 g/mol. The van der Waals surface area contributed by atoms with Gasteiger partial charge < -0.3 is 4.90 Å². The number of alkyl halides is 1. The van der Waals surface area contributed by atoms with E-state index in [0.717, 1.165) is 31.6 Å². The Morgan fingerprint density at radius 3 is 2.40 bits per heavy atom. The highest BCUT2D eigenvalue weighted by atomic mass is 35.5. The van der Waals surface area contributed by atoms with Gasteiger partial charge in [0.2, 0.25) is 0 Å². The number of anilines is 1. The summed E-state index contributed by atoms with van der Waals surface area (Å²) in [5, 5.41) is 10.9. The minimum absolute atomic E-state index is 0.0994. The largest absolute Gasteiger partial charge is 0.372 e. The monoisotopic (exact) mass is 298 g/mol. The van der Waals surface area contributed by atoms with Crippen LogP contribution in [0.15, 0.2) is 18.2 Å². The number of hydrogen-bond acceptors (Lipinski definition) is 3. The molecule has 0 saturated heterocycles. The van der Waals surface area contributed by atoms with Gasteiger partial charge in [-0.15, -0.1) is 11.6 Å². The number of rotatable bonds is 8. The summed E-state index contributed by atoms with van der Waals surface area (Å²) in [6.07, 6.45) is 2.28. The van der Waals surface area contributed by atoms with E-state index in [-0.39, 0.29) is 16.5 Å². The molecule has 0 aliphatic rings. The Bertz CT molecular complexity index is 447. The van der Waals surface area contributed by atoms with Crippen molar-refractivity contribution in [1.29, 1.82) is 0 Å². The SMILES string of the molecule is CCC(CC)CN(CC)c1ccc([N+](=O)[O-])c(CCl)c1. The number of benzene rings is 1. The summed E-state index contributed by atoms with van der Waals surface area (Å²) in [6, 6.07) is 5.22. The van der Waals surface area contributed by atoms with Crippen molar-refractivity contribution in [2.24, 2.45) is 5.92 Å². The second-order valence-corrected chi connectivity index (χ2v) is 5.19. The first-order valence-corrected chi connectivity index (χ1v) is 7.68. The first-order valence-electron chi connectivity index (χ1n) is 7.15. The van der Waals surface area contributed by atoms with Crippen molar-refractivity contribution in [3.8, 4) is 0 Å². The molecule has 1 aromatic rings. The third kappa shape index (κ3) is 4.10. The van der Waals surface area contributed by atoms with Crippen LogP contribution in [0, 0.1) is 16.0 Å². The van der Waals surface area contributed by atoms with Crippen LogP contribution in [0.5, 0.6) is 0 Å². The molecule has 0 aliphatic heterocycles. The molecule has 0 fully saturated rings. The van der Waals surface area contributed by atoms with Gasteiger partial charge in [0.05, 0.1) is 10.8 Å². The molecule has 5 heteroatoms. The maximum atomic E-state index is 10.9. The van der Waals surface area contributed by atoms with E-state index in [1.54, 1.807) is 6.07 Å². The molecule has 1 aromatic carbocycles.